The summed E-state index contributed by atoms with van der Waals surface area (Å²) in [5.41, 5.74) is -0.538. The van der Waals surface area contributed by atoms with Gasteiger partial charge in [0, 0.05) is 0 Å². The Hall–Kier alpha value is -1.13. The lowest BCUT2D eigenvalue weighted by molar-refractivity contribution is -0.215. The van der Waals surface area contributed by atoms with Gasteiger partial charge >= 0.3 is 5.97 Å². The van der Waals surface area contributed by atoms with Crippen molar-refractivity contribution in [1.29, 1.82) is 0 Å². The van der Waals surface area contributed by atoms with E-state index in [4.69, 9.17) is 11.2 Å². The number of hydrogen-bond acceptors (Lipinski definition) is 6. The zero-order valence-electron chi connectivity index (χ0n) is 17.3. The van der Waals surface area contributed by atoms with Crippen LogP contribution in [0.15, 0.2) is 0 Å². The van der Waals surface area contributed by atoms with Crippen LogP contribution in [0.5, 0.6) is 0 Å². The Kier molecular flexibility index (Phi) is 5.26. The third-order valence-corrected chi connectivity index (χ3v) is 9.23. The van der Waals surface area contributed by atoms with Gasteiger partial charge in [-0.05, 0) is 73.0 Å². The first-order valence-electron chi connectivity index (χ1n) is 11.0. The van der Waals surface area contributed by atoms with Crippen molar-refractivity contribution in [3.8, 4) is 12.3 Å². The van der Waals surface area contributed by atoms with E-state index in [0.717, 1.165) is 19.3 Å². The highest BCUT2D eigenvalue weighted by Crippen LogP contribution is 2.66. The molecule has 6 heteroatoms. The molecule has 6 nitrogen and oxygen atoms in total. The third kappa shape index (κ3) is 3.05. The Balaban J connectivity index is 1.58. The van der Waals surface area contributed by atoms with E-state index in [9.17, 15) is 25.2 Å². The standard InChI is InChI=1S/C23H34O6/c1-4-5-18(26)29-17-7-9-22(2)12-6-8-23(3)13(10-16(25)21(23)28)19(12)15(24)11-14(22)20(17)27/h1,12-17,19-21,24-25,27-28H,5-11H2,2-3H3/t12-,13-,14?,15-,16+,17+,19+,20+,21-,22+,23-/m0/s1. The van der Waals surface area contributed by atoms with E-state index < -0.39 is 36.5 Å². The van der Waals surface area contributed by atoms with Crippen molar-refractivity contribution in [3.05, 3.63) is 0 Å². The van der Waals surface area contributed by atoms with Gasteiger partial charge in [-0.2, -0.15) is 0 Å². The summed E-state index contributed by atoms with van der Waals surface area (Å²) in [4.78, 5) is 11.8. The van der Waals surface area contributed by atoms with Gasteiger partial charge in [0.1, 0.15) is 12.5 Å². The minimum absolute atomic E-state index is 0.00883. The van der Waals surface area contributed by atoms with Gasteiger partial charge in [-0.3, -0.25) is 4.79 Å². The molecule has 0 radical (unpaired) electrons. The van der Waals surface area contributed by atoms with Crippen molar-refractivity contribution in [1.82, 2.24) is 0 Å². The van der Waals surface area contributed by atoms with Crippen molar-refractivity contribution < 1.29 is 30.0 Å². The van der Waals surface area contributed by atoms with Crippen molar-refractivity contribution in [2.75, 3.05) is 0 Å². The van der Waals surface area contributed by atoms with Crippen LogP contribution in [0, 0.1) is 46.8 Å². The van der Waals surface area contributed by atoms with Crippen LogP contribution in [0.4, 0.5) is 0 Å². The molecular weight excluding hydrogens is 372 g/mol. The van der Waals surface area contributed by atoms with Gasteiger partial charge in [-0.15, -0.1) is 6.42 Å². The highest BCUT2D eigenvalue weighted by atomic mass is 16.6. The Labute approximate surface area is 172 Å². The molecule has 0 bridgehead atoms. The summed E-state index contributed by atoms with van der Waals surface area (Å²) >= 11 is 0. The molecule has 4 fully saturated rings. The maximum atomic E-state index is 11.8. The highest BCUT2D eigenvalue weighted by molar-refractivity contribution is 5.72. The van der Waals surface area contributed by atoms with E-state index in [0.29, 0.717) is 19.3 Å². The van der Waals surface area contributed by atoms with Crippen molar-refractivity contribution in [2.24, 2.45) is 34.5 Å². The predicted octanol–water partition coefficient (Wildman–Crippen LogP) is 1.24. The maximum Gasteiger partial charge on any atom is 0.318 e. The smallest absolute Gasteiger partial charge is 0.318 e. The first-order chi connectivity index (χ1) is 13.6. The van der Waals surface area contributed by atoms with Gasteiger partial charge < -0.3 is 25.2 Å². The van der Waals surface area contributed by atoms with Crippen LogP contribution in [0.25, 0.3) is 0 Å². The average molecular weight is 407 g/mol. The Morgan fingerprint density at radius 2 is 1.66 bits per heavy atom. The molecule has 11 atom stereocenters. The van der Waals surface area contributed by atoms with Crippen LogP contribution in [0.3, 0.4) is 0 Å². The molecule has 0 aromatic heterocycles. The molecule has 4 N–H and O–H groups in total. The number of ether oxygens (including phenoxy) is 1. The second kappa shape index (κ2) is 7.23. The fourth-order valence-electron chi connectivity index (χ4n) is 7.66. The van der Waals surface area contributed by atoms with Crippen molar-refractivity contribution in [3.63, 3.8) is 0 Å². The normalized spacial score (nSPS) is 53.9. The van der Waals surface area contributed by atoms with Gasteiger partial charge in [0.05, 0.1) is 24.4 Å². The SMILES string of the molecule is C#CCC(=O)O[C@@H]1CC[C@@]2(C)C(C[C@H](O)[C@H]3[C@@H]4C[C@@H](O)[C@H](O)[C@@]4(C)CC[C@@H]32)[C@H]1O. The van der Waals surface area contributed by atoms with E-state index in [1.165, 1.54) is 0 Å². The van der Waals surface area contributed by atoms with E-state index in [-0.39, 0.29) is 40.9 Å². The molecule has 1 unspecified atom stereocenters. The summed E-state index contributed by atoms with van der Waals surface area (Å²) in [5.74, 6) is 1.92. The minimum Gasteiger partial charge on any atom is -0.459 e. The first kappa shape index (κ1) is 21.1. The lowest BCUT2D eigenvalue weighted by Crippen LogP contribution is -2.62. The fraction of sp³-hybridized carbons (Fsp3) is 0.870. The topological polar surface area (TPSA) is 107 Å². The number of rotatable bonds is 2. The number of aliphatic hydroxyl groups excluding tert-OH is 4. The molecule has 0 amide bonds. The fourth-order valence-corrected chi connectivity index (χ4v) is 7.66. The van der Waals surface area contributed by atoms with Crippen LogP contribution >= 0.6 is 0 Å². The lowest BCUT2D eigenvalue weighted by atomic mass is 9.44. The summed E-state index contributed by atoms with van der Waals surface area (Å²) < 4.78 is 5.44. The van der Waals surface area contributed by atoms with Crippen molar-refractivity contribution in [2.45, 2.75) is 89.3 Å². The summed E-state index contributed by atoms with van der Waals surface area (Å²) in [6.07, 6.45) is 5.61. The van der Waals surface area contributed by atoms with Crippen molar-refractivity contribution >= 4 is 5.97 Å². The zero-order valence-corrected chi connectivity index (χ0v) is 17.3. The summed E-state index contributed by atoms with van der Waals surface area (Å²) in [6, 6.07) is 0. The summed E-state index contributed by atoms with van der Waals surface area (Å²) in [7, 11) is 0. The Morgan fingerprint density at radius 3 is 2.34 bits per heavy atom. The molecule has 0 aromatic rings. The van der Waals surface area contributed by atoms with Gasteiger partial charge in [0.15, 0.2) is 0 Å². The van der Waals surface area contributed by atoms with Crippen LogP contribution in [-0.4, -0.2) is 56.9 Å². The van der Waals surface area contributed by atoms with E-state index in [1.54, 1.807) is 0 Å². The molecule has 4 aliphatic rings. The second-order valence-electron chi connectivity index (χ2n) is 10.4. The number of carbonyl (C=O) groups excluding carboxylic acids is 1. The molecule has 4 saturated carbocycles. The van der Waals surface area contributed by atoms with E-state index in [2.05, 4.69) is 12.8 Å². The van der Waals surface area contributed by atoms with E-state index in [1.807, 2.05) is 6.92 Å². The molecular formula is C23H34O6. The number of esters is 1. The monoisotopic (exact) mass is 406 g/mol. The number of carbonyl (C=O) groups is 1. The molecule has 0 aromatic carbocycles. The highest BCUT2D eigenvalue weighted by Gasteiger charge is 2.65. The third-order valence-electron chi connectivity index (χ3n) is 9.23. The first-order valence-corrected chi connectivity index (χ1v) is 11.0. The molecule has 0 heterocycles. The van der Waals surface area contributed by atoms with E-state index >= 15 is 0 Å². The van der Waals surface area contributed by atoms with Crippen LogP contribution in [0.2, 0.25) is 0 Å². The molecule has 162 valence electrons. The van der Waals surface area contributed by atoms with Crippen LogP contribution < -0.4 is 0 Å². The molecule has 4 aliphatic carbocycles. The molecule has 4 rings (SSSR count). The van der Waals surface area contributed by atoms with Gasteiger partial charge in [-0.25, -0.2) is 0 Å². The zero-order chi connectivity index (χ0) is 21.1. The van der Waals surface area contributed by atoms with Gasteiger partial charge in [0.2, 0.25) is 0 Å². The van der Waals surface area contributed by atoms with Crippen LogP contribution in [0.1, 0.15) is 58.8 Å². The number of aliphatic hydroxyl groups is 4. The maximum absolute atomic E-state index is 11.8. The summed E-state index contributed by atoms with van der Waals surface area (Å²) in [5, 5.41) is 43.1. The average Bonchev–Trinajstić information content (AvgIpc) is 2.90. The van der Waals surface area contributed by atoms with Gasteiger partial charge in [0.25, 0.3) is 0 Å². The number of hydrogen-bond donors (Lipinski definition) is 4. The van der Waals surface area contributed by atoms with Gasteiger partial charge in [-0.1, -0.05) is 19.8 Å². The Bertz CT molecular complexity index is 702. The molecule has 0 saturated heterocycles. The Morgan fingerprint density at radius 1 is 1.00 bits per heavy atom. The molecule has 0 spiro atoms. The summed E-state index contributed by atoms with van der Waals surface area (Å²) in [6.45, 7) is 4.25. The molecule has 0 aliphatic heterocycles. The lowest BCUT2D eigenvalue weighted by Gasteiger charge is -2.62. The quantitative estimate of drug-likeness (QED) is 0.406. The largest absolute Gasteiger partial charge is 0.459 e. The number of fused-ring (bicyclic) bond motifs is 5. The predicted molar refractivity (Wildman–Crippen MR) is 105 cm³/mol. The van der Waals surface area contributed by atoms with Crippen LogP contribution in [-0.2, 0) is 9.53 Å². The minimum atomic E-state index is -0.820. The molecule has 29 heavy (non-hydrogen) atoms. The second-order valence-corrected chi connectivity index (χ2v) is 10.4. The number of terminal acetylenes is 1.